The molecule has 0 unspecified atom stereocenters. The third-order valence-electron chi connectivity index (χ3n) is 3.34. The SMILES string of the molecule is CCc1ccc(COc2c(Br)cc(CN)cc2OC)cc1. The molecule has 21 heavy (non-hydrogen) atoms. The van der Waals surface area contributed by atoms with E-state index in [9.17, 15) is 0 Å². The minimum atomic E-state index is 0.466. The summed E-state index contributed by atoms with van der Waals surface area (Å²) in [5.41, 5.74) is 9.12. The van der Waals surface area contributed by atoms with Gasteiger partial charge in [-0.1, -0.05) is 31.2 Å². The van der Waals surface area contributed by atoms with Gasteiger partial charge in [0.15, 0.2) is 11.5 Å². The molecule has 0 aliphatic carbocycles. The van der Waals surface area contributed by atoms with E-state index in [0.29, 0.717) is 24.7 Å². The number of benzene rings is 2. The Labute approximate surface area is 134 Å². The molecule has 2 aromatic rings. The van der Waals surface area contributed by atoms with Crippen LogP contribution in [0.2, 0.25) is 0 Å². The van der Waals surface area contributed by atoms with Gasteiger partial charge in [0.1, 0.15) is 6.61 Å². The van der Waals surface area contributed by atoms with Gasteiger partial charge < -0.3 is 15.2 Å². The van der Waals surface area contributed by atoms with Gasteiger partial charge in [0.2, 0.25) is 0 Å². The Balaban J connectivity index is 2.15. The molecule has 0 atom stereocenters. The first-order valence-corrected chi connectivity index (χ1v) is 7.74. The van der Waals surface area contributed by atoms with Crippen molar-refractivity contribution in [1.29, 1.82) is 0 Å². The van der Waals surface area contributed by atoms with Crippen LogP contribution in [0.4, 0.5) is 0 Å². The molecule has 4 heteroatoms. The number of halogens is 1. The minimum Gasteiger partial charge on any atom is -0.493 e. The van der Waals surface area contributed by atoms with E-state index >= 15 is 0 Å². The van der Waals surface area contributed by atoms with Crippen LogP contribution >= 0.6 is 15.9 Å². The summed E-state index contributed by atoms with van der Waals surface area (Å²) in [6.45, 7) is 3.11. The Morgan fingerprint density at radius 3 is 2.29 bits per heavy atom. The average molecular weight is 350 g/mol. The van der Waals surface area contributed by atoms with E-state index in [1.807, 2.05) is 12.1 Å². The van der Waals surface area contributed by atoms with Crippen molar-refractivity contribution in [2.45, 2.75) is 26.5 Å². The van der Waals surface area contributed by atoms with Crippen molar-refractivity contribution >= 4 is 15.9 Å². The number of methoxy groups -OCH3 is 1. The maximum atomic E-state index is 5.91. The maximum Gasteiger partial charge on any atom is 0.175 e. The molecule has 0 fully saturated rings. The molecule has 0 bridgehead atoms. The van der Waals surface area contributed by atoms with E-state index in [1.165, 1.54) is 5.56 Å². The van der Waals surface area contributed by atoms with Gasteiger partial charge in [-0.25, -0.2) is 0 Å². The third kappa shape index (κ3) is 3.99. The van der Waals surface area contributed by atoms with Gasteiger partial charge in [-0.3, -0.25) is 0 Å². The molecule has 0 saturated carbocycles. The monoisotopic (exact) mass is 349 g/mol. The van der Waals surface area contributed by atoms with E-state index in [0.717, 1.165) is 22.0 Å². The number of hydrogen-bond acceptors (Lipinski definition) is 3. The second-order valence-corrected chi connectivity index (χ2v) is 5.63. The first-order valence-electron chi connectivity index (χ1n) is 6.95. The fourth-order valence-corrected chi connectivity index (χ4v) is 2.66. The molecule has 3 nitrogen and oxygen atoms in total. The van der Waals surface area contributed by atoms with Crippen LogP contribution in [0.3, 0.4) is 0 Å². The summed E-state index contributed by atoms with van der Waals surface area (Å²) in [4.78, 5) is 0. The highest BCUT2D eigenvalue weighted by molar-refractivity contribution is 9.10. The lowest BCUT2D eigenvalue weighted by Crippen LogP contribution is -2.02. The number of nitrogens with two attached hydrogens (primary N) is 1. The molecule has 2 aromatic carbocycles. The summed E-state index contributed by atoms with van der Waals surface area (Å²) in [7, 11) is 1.63. The molecule has 0 heterocycles. The van der Waals surface area contributed by atoms with Gasteiger partial charge in [-0.15, -0.1) is 0 Å². The fraction of sp³-hybridized carbons (Fsp3) is 0.294. The first kappa shape index (κ1) is 15.9. The lowest BCUT2D eigenvalue weighted by molar-refractivity contribution is 0.282. The van der Waals surface area contributed by atoms with Crippen molar-refractivity contribution in [3.8, 4) is 11.5 Å². The molecule has 0 amide bonds. The molecule has 0 radical (unpaired) electrons. The molecular formula is C17H20BrNO2. The Morgan fingerprint density at radius 1 is 1.05 bits per heavy atom. The molecular weight excluding hydrogens is 330 g/mol. The normalized spacial score (nSPS) is 10.5. The van der Waals surface area contributed by atoms with Crippen molar-refractivity contribution in [3.63, 3.8) is 0 Å². The lowest BCUT2D eigenvalue weighted by Gasteiger charge is -2.14. The summed E-state index contributed by atoms with van der Waals surface area (Å²) in [6.07, 6.45) is 1.04. The van der Waals surface area contributed by atoms with Crippen molar-refractivity contribution in [1.82, 2.24) is 0 Å². The Kier molecular flexibility index (Phi) is 5.65. The van der Waals surface area contributed by atoms with Gasteiger partial charge >= 0.3 is 0 Å². The van der Waals surface area contributed by atoms with E-state index in [-0.39, 0.29) is 0 Å². The zero-order valence-electron chi connectivity index (χ0n) is 12.4. The molecule has 2 N–H and O–H groups in total. The smallest absolute Gasteiger partial charge is 0.175 e. The average Bonchev–Trinajstić information content (AvgIpc) is 2.53. The number of hydrogen-bond donors (Lipinski definition) is 1. The van der Waals surface area contributed by atoms with Crippen molar-refractivity contribution in [2.75, 3.05) is 7.11 Å². The summed E-state index contributed by atoms with van der Waals surface area (Å²) in [5.74, 6) is 1.39. The highest BCUT2D eigenvalue weighted by Gasteiger charge is 2.11. The molecule has 0 aromatic heterocycles. The number of aryl methyl sites for hydroxylation is 1. The second kappa shape index (κ2) is 7.48. The molecule has 0 aliphatic rings. The summed E-state index contributed by atoms with van der Waals surface area (Å²) in [5, 5.41) is 0. The maximum absolute atomic E-state index is 5.91. The minimum absolute atomic E-state index is 0.466. The van der Waals surface area contributed by atoms with Gasteiger partial charge in [-0.05, 0) is 51.2 Å². The van der Waals surface area contributed by atoms with Crippen molar-refractivity contribution < 1.29 is 9.47 Å². The lowest BCUT2D eigenvalue weighted by atomic mass is 10.1. The Bertz CT molecular complexity index is 596. The predicted molar refractivity (Wildman–Crippen MR) is 88.7 cm³/mol. The van der Waals surface area contributed by atoms with Crippen molar-refractivity contribution in [3.05, 3.63) is 57.6 Å². The summed E-state index contributed by atoms with van der Waals surface area (Å²) < 4.78 is 12.1. The molecule has 112 valence electrons. The third-order valence-corrected chi connectivity index (χ3v) is 3.93. The van der Waals surface area contributed by atoms with Gasteiger partial charge in [0.05, 0.1) is 11.6 Å². The molecule has 2 rings (SSSR count). The zero-order chi connectivity index (χ0) is 15.2. The number of rotatable bonds is 6. The standard InChI is InChI=1S/C17H20BrNO2/c1-3-12-4-6-13(7-5-12)11-21-17-15(18)8-14(10-19)9-16(17)20-2/h4-9H,3,10-11,19H2,1-2H3. The molecule has 0 aliphatic heterocycles. The summed E-state index contributed by atoms with van der Waals surface area (Å²) >= 11 is 3.52. The predicted octanol–water partition coefficient (Wildman–Crippen LogP) is 4.06. The van der Waals surface area contributed by atoms with Crippen LogP contribution in [0.1, 0.15) is 23.6 Å². The Hall–Kier alpha value is -1.52. The van der Waals surface area contributed by atoms with Crippen LogP contribution in [-0.4, -0.2) is 7.11 Å². The van der Waals surface area contributed by atoms with Gasteiger partial charge in [0, 0.05) is 6.54 Å². The quantitative estimate of drug-likeness (QED) is 0.855. The van der Waals surface area contributed by atoms with Crippen LogP contribution in [0.25, 0.3) is 0 Å². The summed E-state index contributed by atoms with van der Waals surface area (Å²) in [6, 6.07) is 12.3. The van der Waals surface area contributed by atoms with Gasteiger partial charge in [0.25, 0.3) is 0 Å². The van der Waals surface area contributed by atoms with Crippen molar-refractivity contribution in [2.24, 2.45) is 5.73 Å². The van der Waals surface area contributed by atoms with Crippen LogP contribution in [0, 0.1) is 0 Å². The largest absolute Gasteiger partial charge is 0.493 e. The van der Waals surface area contributed by atoms with Crippen LogP contribution in [-0.2, 0) is 19.6 Å². The molecule has 0 spiro atoms. The molecule has 0 saturated heterocycles. The van der Waals surface area contributed by atoms with E-state index in [4.69, 9.17) is 15.2 Å². The van der Waals surface area contributed by atoms with Crippen LogP contribution in [0.5, 0.6) is 11.5 Å². The highest BCUT2D eigenvalue weighted by Crippen LogP contribution is 2.37. The highest BCUT2D eigenvalue weighted by atomic mass is 79.9. The van der Waals surface area contributed by atoms with E-state index in [1.54, 1.807) is 7.11 Å². The van der Waals surface area contributed by atoms with Gasteiger partial charge in [-0.2, -0.15) is 0 Å². The van der Waals surface area contributed by atoms with Crippen LogP contribution < -0.4 is 15.2 Å². The first-order chi connectivity index (χ1) is 10.2. The second-order valence-electron chi connectivity index (χ2n) is 4.77. The zero-order valence-corrected chi connectivity index (χ0v) is 13.9. The number of ether oxygens (including phenoxy) is 2. The Morgan fingerprint density at radius 2 is 1.71 bits per heavy atom. The van der Waals surface area contributed by atoms with E-state index in [2.05, 4.69) is 47.1 Å². The topological polar surface area (TPSA) is 44.5 Å². The fourth-order valence-electron chi connectivity index (χ4n) is 2.06. The van der Waals surface area contributed by atoms with Crippen LogP contribution in [0.15, 0.2) is 40.9 Å². The van der Waals surface area contributed by atoms with E-state index < -0.39 is 0 Å².